The van der Waals surface area contributed by atoms with Crippen molar-refractivity contribution in [3.63, 3.8) is 0 Å². The van der Waals surface area contributed by atoms with Crippen LogP contribution in [0.2, 0.25) is 5.15 Å². The molecule has 1 aromatic rings. The molecule has 1 aromatic heterocycles. The van der Waals surface area contributed by atoms with E-state index in [1.807, 2.05) is 0 Å². The van der Waals surface area contributed by atoms with Crippen LogP contribution in [0.1, 0.15) is 5.56 Å². The summed E-state index contributed by atoms with van der Waals surface area (Å²) in [4.78, 5) is 5.97. The molecule has 0 atom stereocenters. The van der Waals surface area contributed by atoms with E-state index in [0.29, 0.717) is 0 Å². The summed E-state index contributed by atoms with van der Waals surface area (Å²) in [5, 5.41) is 7.85. The predicted octanol–water partition coefficient (Wildman–Crippen LogP) is 1.44. The fourth-order valence-electron chi connectivity index (χ4n) is 0.682. The van der Waals surface area contributed by atoms with Gasteiger partial charge in [0.25, 0.3) is 0 Å². The number of alkyl halides is 3. The van der Waals surface area contributed by atoms with Gasteiger partial charge in [-0.05, 0) is 0 Å². The van der Waals surface area contributed by atoms with Crippen LogP contribution in [0.3, 0.4) is 0 Å². The fourth-order valence-corrected chi connectivity index (χ4v) is 0.960. The minimum Gasteiger partial charge on any atom is -0.493 e. The third kappa shape index (κ3) is 1.92. The van der Waals surface area contributed by atoms with Crippen LogP contribution in [0.4, 0.5) is 19.1 Å². The molecule has 0 amide bonds. The summed E-state index contributed by atoms with van der Waals surface area (Å²) >= 11 is 5.11. The number of hydrogen-bond acceptors (Lipinski definition) is 4. The quantitative estimate of drug-likeness (QED) is 0.640. The molecular weight excluding hydrogens is 211 g/mol. The van der Waals surface area contributed by atoms with Gasteiger partial charge in [-0.3, -0.25) is 0 Å². The molecule has 1 rings (SSSR count). The molecule has 0 aliphatic heterocycles. The monoisotopic (exact) mass is 213 g/mol. The Labute approximate surface area is 75.2 Å². The second kappa shape index (κ2) is 2.91. The maximum absolute atomic E-state index is 12.1. The van der Waals surface area contributed by atoms with E-state index < -0.39 is 28.7 Å². The Morgan fingerprint density at radius 2 is 1.85 bits per heavy atom. The highest BCUT2D eigenvalue weighted by atomic mass is 35.5. The highest BCUT2D eigenvalue weighted by Gasteiger charge is 2.38. The van der Waals surface area contributed by atoms with Crippen molar-refractivity contribution in [1.29, 1.82) is 0 Å². The van der Waals surface area contributed by atoms with E-state index in [0.717, 1.165) is 0 Å². The van der Waals surface area contributed by atoms with Gasteiger partial charge in [-0.15, -0.1) is 0 Å². The molecule has 0 bridgehead atoms. The van der Waals surface area contributed by atoms with Gasteiger partial charge in [0.2, 0.25) is 11.8 Å². The average Bonchev–Trinajstić information content (AvgIpc) is 1.78. The van der Waals surface area contributed by atoms with Crippen molar-refractivity contribution in [3.8, 4) is 5.88 Å². The summed E-state index contributed by atoms with van der Waals surface area (Å²) in [6.45, 7) is 0. The normalized spacial score (nSPS) is 11.7. The Kier molecular flexibility index (Phi) is 2.21. The van der Waals surface area contributed by atoms with Crippen molar-refractivity contribution in [1.82, 2.24) is 9.97 Å². The van der Waals surface area contributed by atoms with Crippen LogP contribution in [-0.2, 0) is 6.18 Å². The molecule has 4 nitrogen and oxygen atoms in total. The second-order valence-electron chi connectivity index (χ2n) is 2.07. The lowest BCUT2D eigenvalue weighted by atomic mass is 10.3. The Hall–Kier alpha value is -1.24. The molecule has 0 spiro atoms. The van der Waals surface area contributed by atoms with Crippen molar-refractivity contribution in [3.05, 3.63) is 10.7 Å². The van der Waals surface area contributed by atoms with E-state index in [2.05, 4.69) is 9.97 Å². The summed E-state index contributed by atoms with van der Waals surface area (Å²) in [5.41, 5.74) is 3.45. The SMILES string of the molecule is Nc1nc(O)c(C(F)(F)F)c(Cl)n1. The van der Waals surface area contributed by atoms with Gasteiger partial charge in [-0.25, -0.2) is 4.98 Å². The lowest BCUT2D eigenvalue weighted by Crippen LogP contribution is -2.10. The van der Waals surface area contributed by atoms with Gasteiger partial charge in [0, 0.05) is 0 Å². The summed E-state index contributed by atoms with van der Waals surface area (Å²) in [7, 11) is 0. The van der Waals surface area contributed by atoms with Crippen LogP contribution in [0, 0.1) is 0 Å². The molecule has 0 aliphatic rings. The van der Waals surface area contributed by atoms with E-state index in [1.165, 1.54) is 0 Å². The molecule has 0 radical (unpaired) electrons. The fraction of sp³-hybridized carbons (Fsp3) is 0.200. The Morgan fingerprint density at radius 1 is 1.31 bits per heavy atom. The number of nitrogens with two attached hydrogens (primary N) is 1. The van der Waals surface area contributed by atoms with Crippen molar-refractivity contribution in [2.75, 3.05) is 5.73 Å². The molecule has 0 saturated carbocycles. The first-order chi connectivity index (χ1) is 5.82. The van der Waals surface area contributed by atoms with Crippen LogP contribution in [0.5, 0.6) is 5.88 Å². The maximum atomic E-state index is 12.1. The van der Waals surface area contributed by atoms with Gasteiger partial charge in [-0.2, -0.15) is 18.2 Å². The number of aromatic nitrogens is 2. The number of nitrogens with zero attached hydrogens (tertiary/aromatic N) is 2. The maximum Gasteiger partial charge on any atom is 0.424 e. The molecule has 0 unspecified atom stereocenters. The lowest BCUT2D eigenvalue weighted by Gasteiger charge is -2.08. The molecule has 72 valence electrons. The second-order valence-corrected chi connectivity index (χ2v) is 2.43. The molecule has 1 heterocycles. The van der Waals surface area contributed by atoms with Gasteiger partial charge >= 0.3 is 6.18 Å². The van der Waals surface area contributed by atoms with Crippen molar-refractivity contribution in [2.45, 2.75) is 6.18 Å². The third-order valence-corrected chi connectivity index (χ3v) is 1.42. The van der Waals surface area contributed by atoms with Crippen molar-refractivity contribution < 1.29 is 18.3 Å². The molecule has 8 heteroatoms. The molecule has 0 fully saturated rings. The standard InChI is InChI=1S/C5H3ClF3N3O/c6-2-1(5(7,8)9)3(13)12-4(10)11-2/h(H3,10,11,12,13). The topological polar surface area (TPSA) is 72.0 Å². The van der Waals surface area contributed by atoms with E-state index >= 15 is 0 Å². The first kappa shape index (κ1) is 9.85. The summed E-state index contributed by atoms with van der Waals surface area (Å²) in [5.74, 6) is -1.79. The summed E-state index contributed by atoms with van der Waals surface area (Å²) in [6, 6.07) is 0. The lowest BCUT2D eigenvalue weighted by molar-refractivity contribution is -0.139. The van der Waals surface area contributed by atoms with E-state index in [9.17, 15) is 13.2 Å². The zero-order chi connectivity index (χ0) is 10.2. The predicted molar refractivity (Wildman–Crippen MR) is 38.1 cm³/mol. The molecule has 0 aromatic carbocycles. The largest absolute Gasteiger partial charge is 0.493 e. The minimum atomic E-state index is -4.80. The smallest absolute Gasteiger partial charge is 0.424 e. The third-order valence-electron chi connectivity index (χ3n) is 1.15. The molecule has 0 aliphatic carbocycles. The van der Waals surface area contributed by atoms with Crippen molar-refractivity contribution >= 4 is 17.5 Å². The van der Waals surface area contributed by atoms with E-state index in [1.54, 1.807) is 0 Å². The number of aromatic hydroxyl groups is 1. The number of nitrogen functional groups attached to an aromatic ring is 1. The van der Waals surface area contributed by atoms with Gasteiger partial charge in [0.15, 0.2) is 10.7 Å². The highest BCUT2D eigenvalue weighted by molar-refractivity contribution is 6.30. The number of halogens is 4. The number of hydrogen-bond donors (Lipinski definition) is 2. The van der Waals surface area contributed by atoms with E-state index in [4.69, 9.17) is 22.4 Å². The Bertz CT molecular complexity index is 317. The zero-order valence-corrected chi connectivity index (χ0v) is 6.69. The molecule has 0 saturated heterocycles. The highest BCUT2D eigenvalue weighted by Crippen LogP contribution is 2.38. The van der Waals surface area contributed by atoms with Gasteiger partial charge in [-0.1, -0.05) is 11.6 Å². The average molecular weight is 214 g/mol. The van der Waals surface area contributed by atoms with Crippen molar-refractivity contribution in [2.24, 2.45) is 0 Å². The van der Waals surface area contributed by atoms with Crippen LogP contribution < -0.4 is 5.73 Å². The first-order valence-corrected chi connectivity index (χ1v) is 3.29. The number of rotatable bonds is 0. The van der Waals surface area contributed by atoms with Gasteiger partial charge in [0.1, 0.15) is 0 Å². The number of anilines is 1. The molecular formula is C5H3ClF3N3O. The van der Waals surface area contributed by atoms with Gasteiger partial charge < -0.3 is 10.8 Å². The Morgan fingerprint density at radius 3 is 2.23 bits per heavy atom. The van der Waals surface area contributed by atoms with Crippen LogP contribution in [0.25, 0.3) is 0 Å². The summed E-state index contributed by atoms with van der Waals surface area (Å²) in [6.07, 6.45) is -4.80. The minimum absolute atomic E-state index is 0.518. The summed E-state index contributed by atoms with van der Waals surface area (Å²) < 4.78 is 36.2. The van der Waals surface area contributed by atoms with Crippen LogP contribution in [0.15, 0.2) is 0 Å². The Balaban J connectivity index is 3.38. The zero-order valence-electron chi connectivity index (χ0n) is 5.93. The van der Waals surface area contributed by atoms with Crippen LogP contribution in [-0.4, -0.2) is 15.1 Å². The van der Waals surface area contributed by atoms with Crippen LogP contribution >= 0.6 is 11.6 Å². The molecule has 13 heavy (non-hydrogen) atoms. The van der Waals surface area contributed by atoms with Gasteiger partial charge in [0.05, 0.1) is 0 Å². The first-order valence-electron chi connectivity index (χ1n) is 2.91. The van der Waals surface area contributed by atoms with E-state index in [-0.39, 0.29) is 0 Å². The molecule has 3 N–H and O–H groups in total.